The smallest absolute Gasteiger partial charge is 0.194 e. The minimum Gasteiger partial charge on any atom is -0.398 e. The van der Waals surface area contributed by atoms with Crippen molar-refractivity contribution in [2.75, 3.05) is 5.73 Å². The molecule has 0 aliphatic carbocycles. The van der Waals surface area contributed by atoms with Crippen LogP contribution in [0.4, 0.5) is 18.9 Å². The summed E-state index contributed by atoms with van der Waals surface area (Å²) >= 11 is 0. The summed E-state index contributed by atoms with van der Waals surface area (Å²) < 4.78 is 37.2. The summed E-state index contributed by atoms with van der Waals surface area (Å²) in [4.78, 5) is 0. The lowest BCUT2D eigenvalue weighted by Gasteiger charge is -2.02. The van der Waals surface area contributed by atoms with Crippen LogP contribution in [0.5, 0.6) is 0 Å². The van der Waals surface area contributed by atoms with E-state index >= 15 is 0 Å². The number of halogens is 3. The standard InChI is InChI=1S/C7H6F3N/c1-3-5(11)2-4(8)7(10)6(3)9/h2H,11H2,1H3. The molecule has 0 atom stereocenters. The molecule has 0 aliphatic heterocycles. The zero-order valence-electron chi connectivity index (χ0n) is 5.79. The van der Waals surface area contributed by atoms with Gasteiger partial charge in [-0.15, -0.1) is 0 Å². The first-order chi connectivity index (χ1) is 5.04. The fourth-order valence-corrected chi connectivity index (χ4v) is 0.704. The average molecular weight is 161 g/mol. The van der Waals surface area contributed by atoms with E-state index in [2.05, 4.69) is 0 Å². The maximum Gasteiger partial charge on any atom is 0.194 e. The quantitative estimate of drug-likeness (QED) is 0.457. The normalized spacial score (nSPS) is 10.2. The number of hydrogen-bond donors (Lipinski definition) is 1. The monoisotopic (exact) mass is 161 g/mol. The topological polar surface area (TPSA) is 26.0 Å². The maximum absolute atomic E-state index is 12.6. The van der Waals surface area contributed by atoms with Crippen LogP contribution in [0.1, 0.15) is 5.56 Å². The van der Waals surface area contributed by atoms with Gasteiger partial charge in [0.1, 0.15) is 0 Å². The average Bonchev–Trinajstić information content (AvgIpc) is 1.97. The third-order valence-electron chi connectivity index (χ3n) is 1.45. The first-order valence-electron chi connectivity index (χ1n) is 2.93. The van der Waals surface area contributed by atoms with Gasteiger partial charge in [-0.05, 0) is 6.92 Å². The molecule has 60 valence electrons. The molecule has 4 heteroatoms. The number of hydrogen-bond acceptors (Lipinski definition) is 1. The fraction of sp³-hybridized carbons (Fsp3) is 0.143. The Morgan fingerprint density at radius 3 is 2.27 bits per heavy atom. The van der Waals surface area contributed by atoms with Crippen molar-refractivity contribution in [2.45, 2.75) is 6.92 Å². The van der Waals surface area contributed by atoms with Crippen LogP contribution in [-0.2, 0) is 0 Å². The number of rotatable bonds is 0. The Labute approximate surface area is 61.6 Å². The maximum atomic E-state index is 12.6. The van der Waals surface area contributed by atoms with E-state index in [0.717, 1.165) is 6.07 Å². The molecule has 1 rings (SSSR count). The Morgan fingerprint density at radius 1 is 1.18 bits per heavy atom. The second kappa shape index (κ2) is 2.45. The van der Waals surface area contributed by atoms with Crippen molar-refractivity contribution in [3.05, 3.63) is 29.1 Å². The van der Waals surface area contributed by atoms with Crippen molar-refractivity contribution >= 4 is 5.69 Å². The molecular formula is C7H6F3N. The number of nitrogens with two attached hydrogens (primary N) is 1. The van der Waals surface area contributed by atoms with Crippen molar-refractivity contribution in [1.82, 2.24) is 0 Å². The predicted molar refractivity (Wildman–Crippen MR) is 35.5 cm³/mol. The summed E-state index contributed by atoms with van der Waals surface area (Å²) in [5.74, 6) is -3.95. The van der Waals surface area contributed by atoms with E-state index in [4.69, 9.17) is 5.73 Å². The lowest BCUT2D eigenvalue weighted by Crippen LogP contribution is -1.99. The second-order valence-electron chi connectivity index (χ2n) is 2.20. The highest BCUT2D eigenvalue weighted by molar-refractivity contribution is 5.47. The summed E-state index contributed by atoms with van der Waals surface area (Å²) in [7, 11) is 0. The molecule has 0 fully saturated rings. The molecule has 0 amide bonds. The SMILES string of the molecule is Cc1c(N)cc(F)c(F)c1F. The van der Waals surface area contributed by atoms with Gasteiger partial charge >= 0.3 is 0 Å². The summed E-state index contributed by atoms with van der Waals surface area (Å²) in [6.07, 6.45) is 0. The molecule has 0 heterocycles. The lowest BCUT2D eigenvalue weighted by molar-refractivity contribution is 0.444. The fourth-order valence-electron chi connectivity index (χ4n) is 0.704. The van der Waals surface area contributed by atoms with Gasteiger partial charge < -0.3 is 5.73 Å². The Bertz CT molecular complexity index is 270. The summed E-state index contributed by atoms with van der Waals surface area (Å²) in [5.41, 5.74) is 5.00. The first-order valence-corrected chi connectivity index (χ1v) is 2.93. The number of anilines is 1. The van der Waals surface area contributed by atoms with Crippen LogP contribution in [0.25, 0.3) is 0 Å². The Morgan fingerprint density at radius 2 is 1.73 bits per heavy atom. The van der Waals surface area contributed by atoms with Crippen LogP contribution in [0.3, 0.4) is 0 Å². The van der Waals surface area contributed by atoms with Gasteiger partial charge in [-0.1, -0.05) is 0 Å². The van der Waals surface area contributed by atoms with Crippen molar-refractivity contribution in [3.63, 3.8) is 0 Å². The second-order valence-corrected chi connectivity index (χ2v) is 2.20. The molecule has 11 heavy (non-hydrogen) atoms. The molecule has 0 unspecified atom stereocenters. The zero-order valence-corrected chi connectivity index (χ0v) is 5.79. The van der Waals surface area contributed by atoms with Gasteiger partial charge in [-0.2, -0.15) is 0 Å². The molecule has 1 nitrogen and oxygen atoms in total. The van der Waals surface area contributed by atoms with E-state index in [0.29, 0.717) is 0 Å². The minimum absolute atomic E-state index is 0.0658. The van der Waals surface area contributed by atoms with E-state index in [1.807, 2.05) is 0 Å². The van der Waals surface area contributed by atoms with Gasteiger partial charge in [0.05, 0.1) is 0 Å². The van der Waals surface area contributed by atoms with Crippen molar-refractivity contribution in [1.29, 1.82) is 0 Å². The predicted octanol–water partition coefficient (Wildman–Crippen LogP) is 1.99. The van der Waals surface area contributed by atoms with Gasteiger partial charge in [-0.3, -0.25) is 0 Å². The Kier molecular flexibility index (Phi) is 1.76. The minimum atomic E-state index is -1.48. The molecule has 0 spiro atoms. The van der Waals surface area contributed by atoms with Crippen molar-refractivity contribution in [3.8, 4) is 0 Å². The summed E-state index contributed by atoms with van der Waals surface area (Å²) in [6, 6.07) is 0.758. The van der Waals surface area contributed by atoms with Crippen molar-refractivity contribution in [2.24, 2.45) is 0 Å². The first kappa shape index (κ1) is 7.91. The highest BCUT2D eigenvalue weighted by atomic mass is 19.2. The molecular weight excluding hydrogens is 155 g/mol. The molecule has 2 N–H and O–H groups in total. The van der Waals surface area contributed by atoms with Gasteiger partial charge in [0.15, 0.2) is 17.5 Å². The number of benzene rings is 1. The van der Waals surface area contributed by atoms with Gasteiger partial charge in [0, 0.05) is 17.3 Å². The van der Waals surface area contributed by atoms with Crippen LogP contribution in [-0.4, -0.2) is 0 Å². The van der Waals surface area contributed by atoms with Gasteiger partial charge in [0.2, 0.25) is 0 Å². The highest BCUT2D eigenvalue weighted by Crippen LogP contribution is 2.20. The van der Waals surface area contributed by atoms with Crippen LogP contribution in [0.2, 0.25) is 0 Å². The molecule has 1 aromatic carbocycles. The van der Waals surface area contributed by atoms with E-state index in [1.165, 1.54) is 6.92 Å². The molecule has 0 bridgehead atoms. The van der Waals surface area contributed by atoms with Gasteiger partial charge in [0.25, 0.3) is 0 Å². The molecule has 0 aromatic heterocycles. The largest absolute Gasteiger partial charge is 0.398 e. The van der Waals surface area contributed by atoms with Crippen LogP contribution in [0.15, 0.2) is 6.07 Å². The van der Waals surface area contributed by atoms with Crippen LogP contribution >= 0.6 is 0 Å². The van der Waals surface area contributed by atoms with E-state index in [1.54, 1.807) is 0 Å². The van der Waals surface area contributed by atoms with Crippen molar-refractivity contribution < 1.29 is 13.2 Å². The number of nitrogen functional groups attached to an aromatic ring is 1. The Balaban J connectivity index is 3.46. The molecule has 1 aromatic rings. The highest BCUT2D eigenvalue weighted by Gasteiger charge is 2.13. The lowest BCUT2D eigenvalue weighted by atomic mass is 10.2. The summed E-state index contributed by atoms with van der Waals surface area (Å²) in [6.45, 7) is 1.28. The van der Waals surface area contributed by atoms with E-state index < -0.39 is 17.5 Å². The van der Waals surface area contributed by atoms with Gasteiger partial charge in [-0.25, -0.2) is 13.2 Å². The van der Waals surface area contributed by atoms with E-state index in [9.17, 15) is 13.2 Å². The molecule has 0 saturated carbocycles. The molecule has 0 radical (unpaired) electrons. The van der Waals surface area contributed by atoms with E-state index in [-0.39, 0.29) is 11.3 Å². The zero-order chi connectivity index (χ0) is 8.59. The molecule has 0 aliphatic rings. The summed E-state index contributed by atoms with van der Waals surface area (Å²) in [5, 5.41) is 0. The molecule has 0 saturated heterocycles. The Hall–Kier alpha value is -1.19. The van der Waals surface area contributed by atoms with Crippen LogP contribution < -0.4 is 5.73 Å². The third-order valence-corrected chi connectivity index (χ3v) is 1.45. The third kappa shape index (κ3) is 1.15. The van der Waals surface area contributed by atoms with Crippen LogP contribution in [0, 0.1) is 24.4 Å².